The summed E-state index contributed by atoms with van der Waals surface area (Å²) >= 11 is 0. The van der Waals surface area contributed by atoms with Crippen LogP contribution in [0.15, 0.2) is 123 Å². The molecule has 0 N–H and O–H groups in total. The van der Waals surface area contributed by atoms with Crippen LogP contribution in [0.2, 0.25) is 0 Å². The second-order valence-corrected chi connectivity index (χ2v) is 10.6. The molecule has 8 rings (SSSR count). The number of urea groups is 1. The summed E-state index contributed by atoms with van der Waals surface area (Å²) in [4.78, 5) is 38.3. The summed E-state index contributed by atoms with van der Waals surface area (Å²) in [6.45, 7) is 0. The number of carbonyl (C=O) groups is 1. The lowest BCUT2D eigenvalue weighted by Gasteiger charge is -2.20. The Bertz CT molecular complexity index is 2300. The first kappa shape index (κ1) is 27.2. The second-order valence-electron chi connectivity index (χ2n) is 10.6. The molecule has 2 aromatic heterocycles. The standard InChI is InChI=1S/C37H24N6O3/c1-45-31-19-32(46-2)26(35-41-30-20-39-37(44)43-36(30)42-35)18-25(31)33-21-10-3-5-12-23(21)34(24-13-6-4-11-22(24)33)29-16-9-15-28(40-29)27-14-7-8-17-38-27/h3-20H,1-2H3. The minimum Gasteiger partial charge on any atom is -0.496 e. The quantitative estimate of drug-likeness (QED) is 0.183. The molecule has 0 spiro atoms. The van der Waals surface area contributed by atoms with Crippen LogP contribution in [0.5, 0.6) is 11.5 Å². The van der Waals surface area contributed by atoms with Crippen molar-refractivity contribution in [2.45, 2.75) is 0 Å². The van der Waals surface area contributed by atoms with Crippen molar-refractivity contribution in [3.63, 3.8) is 0 Å². The molecule has 0 fully saturated rings. The fourth-order valence-electron chi connectivity index (χ4n) is 6.07. The summed E-state index contributed by atoms with van der Waals surface area (Å²) in [7, 11) is 3.23. The number of amides is 2. The Labute approximate surface area is 263 Å². The average Bonchev–Trinajstić information content (AvgIpc) is 3.53. The maximum absolute atomic E-state index is 11.8. The van der Waals surface area contributed by atoms with E-state index < -0.39 is 6.03 Å². The molecule has 2 amide bonds. The molecule has 0 saturated heterocycles. The number of nitrogens with zero attached hydrogens (tertiary/aromatic N) is 6. The van der Waals surface area contributed by atoms with E-state index in [-0.39, 0.29) is 5.84 Å². The van der Waals surface area contributed by atoms with Crippen LogP contribution >= 0.6 is 0 Å². The van der Waals surface area contributed by atoms with E-state index in [1.807, 2.05) is 72.8 Å². The largest absolute Gasteiger partial charge is 0.496 e. The van der Waals surface area contributed by atoms with Crippen molar-refractivity contribution in [2.24, 2.45) is 20.0 Å². The molecule has 0 bridgehead atoms. The van der Waals surface area contributed by atoms with Crippen molar-refractivity contribution in [3.8, 4) is 45.3 Å². The van der Waals surface area contributed by atoms with Gasteiger partial charge in [-0.1, -0.05) is 60.7 Å². The Kier molecular flexibility index (Phi) is 6.49. The molecule has 0 aliphatic carbocycles. The Morgan fingerprint density at radius 3 is 1.87 bits per heavy atom. The third-order valence-corrected chi connectivity index (χ3v) is 8.06. The molecule has 9 heteroatoms. The number of aromatic nitrogens is 2. The molecule has 0 unspecified atom stereocenters. The summed E-state index contributed by atoms with van der Waals surface area (Å²) < 4.78 is 11.8. The second kappa shape index (κ2) is 11.0. The van der Waals surface area contributed by atoms with Gasteiger partial charge in [-0.3, -0.25) is 4.98 Å². The van der Waals surface area contributed by atoms with E-state index in [0.29, 0.717) is 28.6 Å². The van der Waals surface area contributed by atoms with Gasteiger partial charge in [-0.25, -0.2) is 19.8 Å². The van der Waals surface area contributed by atoms with Crippen molar-refractivity contribution in [2.75, 3.05) is 14.2 Å². The van der Waals surface area contributed by atoms with Gasteiger partial charge < -0.3 is 9.47 Å². The lowest BCUT2D eigenvalue weighted by Crippen LogP contribution is -2.16. The van der Waals surface area contributed by atoms with Gasteiger partial charge in [0.05, 0.1) is 43.1 Å². The van der Waals surface area contributed by atoms with Gasteiger partial charge in [-0.05, 0) is 51.9 Å². The zero-order valence-electron chi connectivity index (χ0n) is 24.8. The molecule has 220 valence electrons. The maximum Gasteiger partial charge on any atom is 0.369 e. The molecular weight excluding hydrogens is 576 g/mol. The predicted molar refractivity (Wildman–Crippen MR) is 182 cm³/mol. The van der Waals surface area contributed by atoms with E-state index in [1.165, 1.54) is 6.21 Å². The van der Waals surface area contributed by atoms with Gasteiger partial charge in [-0.15, -0.1) is 0 Å². The van der Waals surface area contributed by atoms with E-state index in [0.717, 1.165) is 55.3 Å². The number of benzene rings is 4. The highest BCUT2D eigenvalue weighted by Crippen LogP contribution is 2.47. The lowest BCUT2D eigenvalue weighted by molar-refractivity contribution is 0.257. The van der Waals surface area contributed by atoms with E-state index in [2.05, 4.69) is 49.2 Å². The van der Waals surface area contributed by atoms with Crippen LogP contribution < -0.4 is 9.47 Å². The SMILES string of the molecule is COc1cc(OC)c(-c2c3ccccc3c(-c3cccc(-c4ccccn4)n3)c3ccccc23)cc1C1=NC2=NC(=O)N=CC2=N1. The van der Waals surface area contributed by atoms with Crippen LogP contribution in [0.1, 0.15) is 5.56 Å². The molecular formula is C37H24N6O3. The van der Waals surface area contributed by atoms with Crippen molar-refractivity contribution < 1.29 is 14.3 Å². The van der Waals surface area contributed by atoms with Crippen LogP contribution in [-0.4, -0.2) is 53.8 Å². The molecule has 0 radical (unpaired) electrons. The highest BCUT2D eigenvalue weighted by Gasteiger charge is 2.27. The number of pyridine rings is 2. The van der Waals surface area contributed by atoms with Crippen molar-refractivity contribution in [1.82, 2.24) is 9.97 Å². The van der Waals surface area contributed by atoms with Crippen LogP contribution in [0, 0.1) is 0 Å². The Morgan fingerprint density at radius 1 is 0.565 bits per heavy atom. The van der Waals surface area contributed by atoms with E-state index in [1.54, 1.807) is 20.4 Å². The molecule has 0 atom stereocenters. The number of hydrogen-bond acceptors (Lipinski definition) is 7. The van der Waals surface area contributed by atoms with Crippen molar-refractivity contribution >= 4 is 51.2 Å². The maximum atomic E-state index is 11.8. The van der Waals surface area contributed by atoms with Crippen LogP contribution in [0.25, 0.3) is 55.3 Å². The molecule has 4 heterocycles. The zero-order valence-corrected chi connectivity index (χ0v) is 24.8. The van der Waals surface area contributed by atoms with Crippen LogP contribution in [0.3, 0.4) is 0 Å². The van der Waals surface area contributed by atoms with E-state index in [9.17, 15) is 4.79 Å². The number of carbonyl (C=O) groups excluding carboxylic acids is 1. The Morgan fingerprint density at radius 2 is 1.20 bits per heavy atom. The summed E-state index contributed by atoms with van der Waals surface area (Å²) in [5.74, 6) is 1.75. The first-order valence-corrected chi connectivity index (χ1v) is 14.6. The molecule has 0 saturated carbocycles. The van der Waals surface area contributed by atoms with E-state index in [4.69, 9.17) is 14.5 Å². The zero-order chi connectivity index (χ0) is 31.2. The highest BCUT2D eigenvalue weighted by atomic mass is 16.5. The van der Waals surface area contributed by atoms with Gasteiger partial charge in [-0.2, -0.15) is 9.98 Å². The first-order valence-electron chi connectivity index (χ1n) is 14.6. The van der Waals surface area contributed by atoms with Crippen molar-refractivity contribution in [3.05, 3.63) is 109 Å². The smallest absolute Gasteiger partial charge is 0.369 e. The first-order chi connectivity index (χ1) is 22.6. The number of hydrogen-bond donors (Lipinski definition) is 0. The van der Waals surface area contributed by atoms with Gasteiger partial charge in [0.15, 0.2) is 11.7 Å². The normalized spacial score (nSPS) is 13.8. The number of rotatable bonds is 6. The Hall–Kier alpha value is -6.35. The lowest BCUT2D eigenvalue weighted by atomic mass is 9.86. The number of amidine groups is 2. The molecule has 6 aromatic rings. The third kappa shape index (κ3) is 4.45. The van der Waals surface area contributed by atoms with E-state index >= 15 is 0 Å². The number of aliphatic imine (C=N–C) groups is 4. The van der Waals surface area contributed by atoms with Gasteiger partial charge in [0, 0.05) is 29.0 Å². The highest BCUT2D eigenvalue weighted by molar-refractivity contribution is 6.68. The summed E-state index contributed by atoms with van der Waals surface area (Å²) in [6.07, 6.45) is 3.16. The molecule has 4 aromatic carbocycles. The van der Waals surface area contributed by atoms with Gasteiger partial charge in [0.25, 0.3) is 0 Å². The number of ether oxygens (including phenoxy) is 2. The monoisotopic (exact) mass is 600 g/mol. The minimum absolute atomic E-state index is 0.232. The summed E-state index contributed by atoms with van der Waals surface area (Å²) in [6, 6.07) is 31.7. The summed E-state index contributed by atoms with van der Waals surface area (Å²) in [5.41, 5.74) is 6.35. The number of methoxy groups -OCH3 is 2. The number of fused-ring (bicyclic) bond motifs is 3. The average molecular weight is 601 g/mol. The van der Waals surface area contributed by atoms with Gasteiger partial charge in [0.1, 0.15) is 17.2 Å². The predicted octanol–water partition coefficient (Wildman–Crippen LogP) is 7.61. The minimum atomic E-state index is -0.612. The van der Waals surface area contributed by atoms with Gasteiger partial charge in [0.2, 0.25) is 0 Å². The Balaban J connectivity index is 1.40. The molecule has 9 nitrogen and oxygen atoms in total. The molecule has 46 heavy (non-hydrogen) atoms. The third-order valence-electron chi connectivity index (χ3n) is 8.06. The summed E-state index contributed by atoms with van der Waals surface area (Å²) in [5, 5.41) is 4.11. The van der Waals surface area contributed by atoms with Crippen LogP contribution in [0.4, 0.5) is 4.79 Å². The molecule has 2 aliphatic heterocycles. The molecule has 2 aliphatic rings. The fraction of sp³-hybridized carbons (Fsp3) is 0.0541. The topological polar surface area (TPSA) is 111 Å². The van der Waals surface area contributed by atoms with Gasteiger partial charge >= 0.3 is 6.03 Å². The van der Waals surface area contributed by atoms with Crippen LogP contribution in [-0.2, 0) is 0 Å². The van der Waals surface area contributed by atoms with Crippen molar-refractivity contribution in [1.29, 1.82) is 0 Å². The fourth-order valence-corrected chi connectivity index (χ4v) is 6.07.